The lowest BCUT2D eigenvalue weighted by Gasteiger charge is -2.04. The molecule has 26 heavy (non-hydrogen) atoms. The number of carbonyl (C=O) groups is 2. The average Bonchev–Trinajstić information content (AvgIpc) is 3.00. The van der Waals surface area contributed by atoms with Crippen LogP contribution in [0.25, 0.3) is 0 Å². The summed E-state index contributed by atoms with van der Waals surface area (Å²) >= 11 is 1.11. The summed E-state index contributed by atoms with van der Waals surface area (Å²) in [5, 5.41) is 6.40. The largest absolute Gasteiger partial charge is 0.364 e. The zero-order valence-corrected chi connectivity index (χ0v) is 14.3. The second-order valence-electron chi connectivity index (χ2n) is 5.40. The number of aromatic nitrogens is 1. The van der Waals surface area contributed by atoms with Crippen molar-refractivity contribution in [3.05, 3.63) is 71.7 Å². The standard InChI is InChI=1S/C18H15FN4O2S/c19-12-8-6-11(7-9-12)10-14(24)22-17-15(16(20)25)23-18(26-17)21-13-4-2-1-3-5-13/h1-9H,10H2,(H2,20,25)(H,21,23)(H,22,24). The lowest BCUT2D eigenvalue weighted by Crippen LogP contribution is -2.18. The van der Waals surface area contributed by atoms with Crippen LogP contribution < -0.4 is 16.4 Å². The Morgan fingerprint density at radius 2 is 1.77 bits per heavy atom. The van der Waals surface area contributed by atoms with Gasteiger partial charge in [-0.05, 0) is 29.8 Å². The first kappa shape index (κ1) is 17.6. The molecule has 0 saturated carbocycles. The molecule has 0 bridgehead atoms. The van der Waals surface area contributed by atoms with Gasteiger partial charge < -0.3 is 16.4 Å². The Kier molecular flexibility index (Phi) is 5.23. The summed E-state index contributed by atoms with van der Waals surface area (Å²) in [7, 11) is 0. The van der Waals surface area contributed by atoms with Crippen molar-refractivity contribution in [2.24, 2.45) is 5.73 Å². The summed E-state index contributed by atoms with van der Waals surface area (Å²) in [6.07, 6.45) is 0.0395. The van der Waals surface area contributed by atoms with Crippen LogP contribution in [0.3, 0.4) is 0 Å². The van der Waals surface area contributed by atoms with E-state index in [0.717, 1.165) is 17.0 Å². The van der Waals surface area contributed by atoms with E-state index in [9.17, 15) is 14.0 Å². The first-order valence-electron chi connectivity index (χ1n) is 7.68. The van der Waals surface area contributed by atoms with E-state index in [-0.39, 0.29) is 28.8 Å². The third-order valence-electron chi connectivity index (χ3n) is 3.42. The minimum Gasteiger partial charge on any atom is -0.364 e. The maximum atomic E-state index is 12.9. The maximum absolute atomic E-state index is 12.9. The molecular formula is C18H15FN4O2S. The van der Waals surface area contributed by atoms with E-state index in [2.05, 4.69) is 15.6 Å². The van der Waals surface area contributed by atoms with Crippen LogP contribution >= 0.6 is 11.3 Å². The lowest BCUT2D eigenvalue weighted by molar-refractivity contribution is -0.115. The molecule has 3 aromatic rings. The highest BCUT2D eigenvalue weighted by atomic mass is 32.1. The fourth-order valence-corrected chi connectivity index (χ4v) is 3.14. The van der Waals surface area contributed by atoms with Crippen molar-refractivity contribution in [2.45, 2.75) is 6.42 Å². The van der Waals surface area contributed by atoms with Crippen LogP contribution in [0.15, 0.2) is 54.6 Å². The number of carbonyl (C=O) groups excluding carboxylic acids is 2. The summed E-state index contributed by atoms with van der Waals surface area (Å²) in [4.78, 5) is 28.0. The van der Waals surface area contributed by atoms with E-state index in [1.807, 2.05) is 30.3 Å². The first-order chi connectivity index (χ1) is 12.5. The molecular weight excluding hydrogens is 355 g/mol. The summed E-state index contributed by atoms with van der Waals surface area (Å²) in [5.41, 5.74) is 6.78. The number of thiazole rings is 1. The molecule has 2 amide bonds. The van der Waals surface area contributed by atoms with Crippen molar-refractivity contribution >= 4 is 39.0 Å². The van der Waals surface area contributed by atoms with Crippen LogP contribution in [0, 0.1) is 5.82 Å². The third-order valence-corrected chi connectivity index (χ3v) is 4.30. The van der Waals surface area contributed by atoms with E-state index < -0.39 is 5.91 Å². The SMILES string of the molecule is NC(=O)c1nc(Nc2ccccc2)sc1NC(=O)Cc1ccc(F)cc1. The number of nitrogens with zero attached hydrogens (tertiary/aromatic N) is 1. The quantitative estimate of drug-likeness (QED) is 0.620. The van der Waals surface area contributed by atoms with E-state index >= 15 is 0 Å². The van der Waals surface area contributed by atoms with Gasteiger partial charge in [-0.3, -0.25) is 9.59 Å². The number of hydrogen-bond donors (Lipinski definition) is 3. The van der Waals surface area contributed by atoms with Gasteiger partial charge in [0.1, 0.15) is 10.8 Å². The van der Waals surface area contributed by atoms with Crippen molar-refractivity contribution in [3.63, 3.8) is 0 Å². The van der Waals surface area contributed by atoms with Crippen LogP contribution in [-0.4, -0.2) is 16.8 Å². The number of benzene rings is 2. The molecule has 3 rings (SSSR count). The molecule has 0 spiro atoms. The van der Waals surface area contributed by atoms with Gasteiger partial charge in [0, 0.05) is 5.69 Å². The van der Waals surface area contributed by atoms with Gasteiger partial charge >= 0.3 is 0 Å². The smallest absolute Gasteiger partial charge is 0.270 e. The Hall–Kier alpha value is -3.26. The van der Waals surface area contributed by atoms with Gasteiger partial charge in [0.25, 0.3) is 5.91 Å². The minimum absolute atomic E-state index is 0.0131. The van der Waals surface area contributed by atoms with Crippen LogP contribution in [0.4, 0.5) is 20.2 Å². The Morgan fingerprint density at radius 3 is 2.42 bits per heavy atom. The second-order valence-corrected chi connectivity index (χ2v) is 6.40. The molecule has 132 valence electrons. The summed E-state index contributed by atoms with van der Waals surface area (Å²) in [6, 6.07) is 14.9. The fourth-order valence-electron chi connectivity index (χ4n) is 2.23. The molecule has 8 heteroatoms. The number of primary amides is 1. The van der Waals surface area contributed by atoms with Crippen LogP contribution in [0.2, 0.25) is 0 Å². The molecule has 0 fully saturated rings. The Bertz CT molecular complexity index is 926. The Labute approximate surface area is 152 Å². The molecule has 1 heterocycles. The van der Waals surface area contributed by atoms with E-state index in [4.69, 9.17) is 5.73 Å². The molecule has 6 nitrogen and oxygen atoms in total. The molecule has 0 unspecified atom stereocenters. The van der Waals surface area contributed by atoms with Gasteiger partial charge in [0.2, 0.25) is 5.91 Å². The lowest BCUT2D eigenvalue weighted by atomic mass is 10.1. The predicted octanol–water partition coefficient (Wildman–Crippen LogP) is 3.31. The molecule has 2 aromatic carbocycles. The Morgan fingerprint density at radius 1 is 1.08 bits per heavy atom. The fraction of sp³-hybridized carbons (Fsp3) is 0.0556. The van der Waals surface area contributed by atoms with Gasteiger partial charge in [0.15, 0.2) is 10.8 Å². The van der Waals surface area contributed by atoms with Crippen molar-refractivity contribution in [3.8, 4) is 0 Å². The molecule has 0 aliphatic rings. The number of para-hydroxylation sites is 1. The zero-order chi connectivity index (χ0) is 18.5. The summed E-state index contributed by atoms with van der Waals surface area (Å²) in [5.74, 6) is -1.46. The monoisotopic (exact) mass is 370 g/mol. The predicted molar refractivity (Wildman–Crippen MR) is 99.1 cm³/mol. The normalized spacial score (nSPS) is 10.3. The number of rotatable bonds is 6. The zero-order valence-electron chi connectivity index (χ0n) is 13.5. The molecule has 0 aliphatic carbocycles. The van der Waals surface area contributed by atoms with Gasteiger partial charge in [0.05, 0.1) is 6.42 Å². The second kappa shape index (κ2) is 7.75. The molecule has 4 N–H and O–H groups in total. The van der Waals surface area contributed by atoms with Gasteiger partial charge in [-0.1, -0.05) is 41.7 Å². The number of hydrogen-bond acceptors (Lipinski definition) is 5. The molecule has 0 saturated heterocycles. The van der Waals surface area contributed by atoms with Gasteiger partial charge in [-0.15, -0.1) is 0 Å². The number of amides is 2. The average molecular weight is 370 g/mol. The van der Waals surface area contributed by atoms with Crippen LogP contribution in [0.5, 0.6) is 0 Å². The van der Waals surface area contributed by atoms with Crippen molar-refractivity contribution in [1.82, 2.24) is 4.98 Å². The van der Waals surface area contributed by atoms with Crippen molar-refractivity contribution < 1.29 is 14.0 Å². The highest BCUT2D eigenvalue weighted by molar-refractivity contribution is 7.20. The maximum Gasteiger partial charge on any atom is 0.270 e. The number of anilines is 3. The minimum atomic E-state index is -0.737. The van der Waals surface area contributed by atoms with E-state index in [1.54, 1.807) is 0 Å². The highest BCUT2D eigenvalue weighted by Crippen LogP contribution is 2.30. The number of nitrogens with two attached hydrogens (primary N) is 1. The number of nitrogens with one attached hydrogen (secondary N) is 2. The molecule has 0 aliphatic heterocycles. The summed E-state index contributed by atoms with van der Waals surface area (Å²) in [6.45, 7) is 0. The van der Waals surface area contributed by atoms with E-state index in [0.29, 0.717) is 10.7 Å². The molecule has 1 aromatic heterocycles. The first-order valence-corrected chi connectivity index (χ1v) is 8.50. The van der Waals surface area contributed by atoms with Crippen LogP contribution in [-0.2, 0) is 11.2 Å². The topological polar surface area (TPSA) is 97.1 Å². The highest BCUT2D eigenvalue weighted by Gasteiger charge is 2.18. The number of halogens is 1. The third kappa shape index (κ3) is 4.42. The summed E-state index contributed by atoms with van der Waals surface area (Å²) < 4.78 is 12.9. The van der Waals surface area contributed by atoms with E-state index in [1.165, 1.54) is 24.3 Å². The van der Waals surface area contributed by atoms with Gasteiger partial charge in [-0.2, -0.15) is 0 Å². The molecule has 0 radical (unpaired) electrons. The molecule has 0 atom stereocenters. The van der Waals surface area contributed by atoms with Crippen molar-refractivity contribution in [2.75, 3.05) is 10.6 Å². The van der Waals surface area contributed by atoms with Crippen LogP contribution in [0.1, 0.15) is 16.1 Å². The van der Waals surface area contributed by atoms with Crippen molar-refractivity contribution in [1.29, 1.82) is 0 Å². The van der Waals surface area contributed by atoms with Gasteiger partial charge in [-0.25, -0.2) is 9.37 Å². The Balaban J connectivity index is 1.74.